The third-order valence-corrected chi connectivity index (χ3v) is 3.83. The molecule has 0 spiro atoms. The number of nitrogen functional groups attached to an aromatic ring is 1. The predicted octanol–water partition coefficient (Wildman–Crippen LogP) is 3.38. The van der Waals surface area contributed by atoms with Crippen LogP contribution in [0.25, 0.3) is 0 Å². The molecule has 0 saturated carbocycles. The first kappa shape index (κ1) is 13.0. The number of carbonyl (C=O) groups is 1. The fourth-order valence-electron chi connectivity index (χ4n) is 1.25. The van der Waals surface area contributed by atoms with Crippen molar-refractivity contribution in [2.75, 3.05) is 11.1 Å². The van der Waals surface area contributed by atoms with Gasteiger partial charge in [-0.05, 0) is 18.9 Å². The number of Topliss-reactive ketones (excluding diaryl/α,β-unsaturated/α-hetero) is 1. The van der Waals surface area contributed by atoms with Crippen LogP contribution in [0.1, 0.15) is 43.8 Å². The summed E-state index contributed by atoms with van der Waals surface area (Å²) in [7, 11) is 0. The van der Waals surface area contributed by atoms with Gasteiger partial charge in [0.25, 0.3) is 0 Å². The molecular formula is C12H20N2OS. The van der Waals surface area contributed by atoms with Crippen LogP contribution in [0.5, 0.6) is 0 Å². The van der Waals surface area contributed by atoms with Gasteiger partial charge in [-0.3, -0.25) is 4.79 Å². The number of anilines is 2. The Hall–Kier alpha value is -1.03. The fraction of sp³-hybridized carbons (Fsp3) is 0.583. The summed E-state index contributed by atoms with van der Waals surface area (Å²) in [6, 6.07) is 2.23. The van der Waals surface area contributed by atoms with Crippen LogP contribution in [0.4, 0.5) is 10.7 Å². The smallest absolute Gasteiger partial charge is 0.174 e. The van der Waals surface area contributed by atoms with Crippen LogP contribution < -0.4 is 11.1 Å². The standard InChI is InChI=1S/C12H20N2OS/c1-5-10(15)12-9(13)6-11(16-12)14-8(4)7(2)3/h6-8,14H,5,13H2,1-4H3. The maximum atomic E-state index is 11.6. The van der Waals surface area contributed by atoms with Crippen LogP contribution in [0, 0.1) is 5.92 Å². The molecule has 1 atom stereocenters. The van der Waals surface area contributed by atoms with Crippen molar-refractivity contribution >= 4 is 27.8 Å². The van der Waals surface area contributed by atoms with Gasteiger partial charge in [0.2, 0.25) is 0 Å². The Morgan fingerprint density at radius 3 is 2.62 bits per heavy atom. The van der Waals surface area contributed by atoms with Crippen LogP contribution in [0.2, 0.25) is 0 Å². The van der Waals surface area contributed by atoms with E-state index in [1.54, 1.807) is 0 Å². The van der Waals surface area contributed by atoms with Crippen LogP contribution >= 0.6 is 11.3 Å². The first-order chi connectivity index (χ1) is 7.45. The zero-order chi connectivity index (χ0) is 12.3. The molecule has 1 heterocycles. The van der Waals surface area contributed by atoms with E-state index in [1.165, 1.54) is 11.3 Å². The second-order valence-electron chi connectivity index (χ2n) is 4.35. The van der Waals surface area contributed by atoms with Crippen LogP contribution in [-0.2, 0) is 0 Å². The Balaban J connectivity index is 2.81. The summed E-state index contributed by atoms with van der Waals surface area (Å²) in [4.78, 5) is 12.3. The lowest BCUT2D eigenvalue weighted by Crippen LogP contribution is -2.20. The van der Waals surface area contributed by atoms with Gasteiger partial charge < -0.3 is 11.1 Å². The lowest BCUT2D eigenvalue weighted by atomic mass is 10.1. The van der Waals surface area contributed by atoms with E-state index in [1.807, 2.05) is 13.0 Å². The van der Waals surface area contributed by atoms with Gasteiger partial charge in [0.05, 0.1) is 15.6 Å². The monoisotopic (exact) mass is 240 g/mol. The van der Waals surface area contributed by atoms with Crippen LogP contribution in [0.15, 0.2) is 6.07 Å². The molecule has 1 aromatic heterocycles. The third-order valence-electron chi connectivity index (χ3n) is 2.71. The minimum Gasteiger partial charge on any atom is -0.397 e. The molecule has 16 heavy (non-hydrogen) atoms. The van der Waals surface area contributed by atoms with Crippen molar-refractivity contribution in [1.29, 1.82) is 0 Å². The Morgan fingerprint density at radius 2 is 2.12 bits per heavy atom. The molecule has 0 saturated heterocycles. The molecule has 0 aromatic carbocycles. The lowest BCUT2D eigenvalue weighted by molar-refractivity contribution is 0.0993. The summed E-state index contributed by atoms with van der Waals surface area (Å²) < 4.78 is 0. The predicted molar refractivity (Wildman–Crippen MR) is 71.3 cm³/mol. The normalized spacial score (nSPS) is 12.8. The summed E-state index contributed by atoms with van der Waals surface area (Å²) in [6.07, 6.45) is 0.504. The van der Waals surface area contributed by atoms with Gasteiger partial charge in [0.1, 0.15) is 0 Å². The van der Waals surface area contributed by atoms with Crippen LogP contribution in [-0.4, -0.2) is 11.8 Å². The number of thiophene rings is 1. The highest BCUT2D eigenvalue weighted by Gasteiger charge is 2.14. The third kappa shape index (κ3) is 2.98. The number of ketones is 1. The van der Waals surface area contributed by atoms with Gasteiger partial charge in [-0.15, -0.1) is 11.3 Å². The molecule has 0 radical (unpaired) electrons. The summed E-state index contributed by atoms with van der Waals surface area (Å²) in [6.45, 7) is 8.30. The Bertz CT molecular complexity index is 371. The summed E-state index contributed by atoms with van der Waals surface area (Å²) >= 11 is 1.45. The maximum absolute atomic E-state index is 11.6. The average Bonchev–Trinajstić information content (AvgIpc) is 2.58. The zero-order valence-electron chi connectivity index (χ0n) is 10.3. The molecule has 3 N–H and O–H groups in total. The van der Waals surface area contributed by atoms with Gasteiger partial charge in [0.15, 0.2) is 5.78 Å². The molecule has 90 valence electrons. The SMILES string of the molecule is CCC(=O)c1sc(NC(C)C(C)C)cc1N. The van der Waals surface area contributed by atoms with Gasteiger partial charge in [-0.1, -0.05) is 20.8 Å². The molecule has 4 heteroatoms. The van der Waals surface area contributed by atoms with E-state index in [2.05, 4.69) is 26.1 Å². The molecule has 0 fully saturated rings. The first-order valence-electron chi connectivity index (χ1n) is 5.64. The minimum absolute atomic E-state index is 0.118. The van der Waals surface area contributed by atoms with Gasteiger partial charge in [0, 0.05) is 12.5 Å². The van der Waals surface area contributed by atoms with E-state index >= 15 is 0 Å². The van der Waals surface area contributed by atoms with E-state index in [0.717, 1.165) is 5.00 Å². The number of nitrogens with one attached hydrogen (secondary N) is 1. The number of hydrogen-bond donors (Lipinski definition) is 2. The second kappa shape index (κ2) is 5.34. The maximum Gasteiger partial charge on any atom is 0.174 e. The highest BCUT2D eigenvalue weighted by Crippen LogP contribution is 2.31. The van der Waals surface area contributed by atoms with E-state index in [9.17, 15) is 4.79 Å². The second-order valence-corrected chi connectivity index (χ2v) is 5.40. The molecular weight excluding hydrogens is 220 g/mol. The topological polar surface area (TPSA) is 55.1 Å². The van der Waals surface area contributed by atoms with E-state index in [0.29, 0.717) is 28.9 Å². The van der Waals surface area contributed by atoms with E-state index in [-0.39, 0.29) is 5.78 Å². The Kier molecular flexibility index (Phi) is 4.35. The van der Waals surface area contributed by atoms with E-state index in [4.69, 9.17) is 5.73 Å². The summed E-state index contributed by atoms with van der Waals surface area (Å²) in [5, 5.41) is 4.35. The number of rotatable bonds is 5. The number of carbonyl (C=O) groups excluding carboxylic acids is 1. The molecule has 0 aliphatic rings. The van der Waals surface area contributed by atoms with Gasteiger partial charge >= 0.3 is 0 Å². The fourth-order valence-corrected chi connectivity index (χ4v) is 2.33. The molecule has 1 rings (SSSR count). The van der Waals surface area contributed by atoms with Crippen molar-refractivity contribution in [3.8, 4) is 0 Å². The largest absolute Gasteiger partial charge is 0.397 e. The number of hydrogen-bond acceptors (Lipinski definition) is 4. The van der Waals surface area contributed by atoms with Crippen LogP contribution in [0.3, 0.4) is 0 Å². The molecule has 3 nitrogen and oxygen atoms in total. The molecule has 0 aliphatic heterocycles. The molecule has 1 aromatic rings. The molecule has 0 amide bonds. The first-order valence-corrected chi connectivity index (χ1v) is 6.46. The molecule has 0 aliphatic carbocycles. The van der Waals surface area contributed by atoms with Crippen molar-refractivity contribution in [2.24, 2.45) is 5.92 Å². The Labute approximate surface area is 101 Å². The summed E-state index contributed by atoms with van der Waals surface area (Å²) in [5.41, 5.74) is 6.41. The van der Waals surface area contributed by atoms with Crippen molar-refractivity contribution in [2.45, 2.75) is 40.2 Å². The lowest BCUT2D eigenvalue weighted by Gasteiger charge is -2.16. The van der Waals surface area contributed by atoms with Gasteiger partial charge in [-0.25, -0.2) is 0 Å². The average molecular weight is 240 g/mol. The highest BCUT2D eigenvalue weighted by atomic mass is 32.1. The van der Waals surface area contributed by atoms with Crippen molar-refractivity contribution in [3.63, 3.8) is 0 Å². The van der Waals surface area contributed by atoms with Crippen molar-refractivity contribution < 1.29 is 4.79 Å². The summed E-state index contributed by atoms with van der Waals surface area (Å²) in [5.74, 6) is 0.668. The quantitative estimate of drug-likeness (QED) is 0.776. The van der Waals surface area contributed by atoms with Gasteiger partial charge in [-0.2, -0.15) is 0 Å². The number of nitrogens with two attached hydrogens (primary N) is 1. The van der Waals surface area contributed by atoms with Crippen molar-refractivity contribution in [3.05, 3.63) is 10.9 Å². The zero-order valence-corrected chi connectivity index (χ0v) is 11.1. The molecule has 0 bridgehead atoms. The molecule has 1 unspecified atom stereocenters. The Morgan fingerprint density at radius 1 is 1.50 bits per heavy atom. The minimum atomic E-state index is 0.118. The van der Waals surface area contributed by atoms with Crippen molar-refractivity contribution in [1.82, 2.24) is 0 Å². The van der Waals surface area contributed by atoms with E-state index < -0.39 is 0 Å². The highest BCUT2D eigenvalue weighted by molar-refractivity contribution is 7.18.